The Morgan fingerprint density at radius 3 is 2.26 bits per heavy atom. The fourth-order valence-electron chi connectivity index (χ4n) is 3.18. The Labute approximate surface area is 192 Å². The van der Waals surface area contributed by atoms with Gasteiger partial charge in [0.25, 0.3) is 0 Å². The van der Waals surface area contributed by atoms with Gasteiger partial charge in [0.15, 0.2) is 0 Å². The van der Waals surface area contributed by atoms with Gasteiger partial charge in [0.05, 0.1) is 11.9 Å². The van der Waals surface area contributed by atoms with Gasteiger partial charge >= 0.3 is 0 Å². The van der Waals surface area contributed by atoms with Gasteiger partial charge in [-0.1, -0.05) is 40.2 Å². The van der Waals surface area contributed by atoms with Crippen molar-refractivity contribution < 1.29 is 18.0 Å². The predicted octanol–water partition coefficient (Wildman–Crippen LogP) is 3.00. The van der Waals surface area contributed by atoms with Crippen molar-refractivity contribution in [3.63, 3.8) is 0 Å². The molecule has 0 heterocycles. The molecule has 0 aromatic heterocycles. The first-order valence-electron chi connectivity index (χ1n) is 9.75. The molecule has 2 amide bonds. The van der Waals surface area contributed by atoms with Gasteiger partial charge in [0, 0.05) is 18.1 Å². The van der Waals surface area contributed by atoms with Gasteiger partial charge < -0.3 is 10.2 Å². The second kappa shape index (κ2) is 10.3. The Morgan fingerprint density at radius 1 is 1.10 bits per heavy atom. The Morgan fingerprint density at radius 2 is 1.71 bits per heavy atom. The van der Waals surface area contributed by atoms with E-state index < -0.39 is 28.5 Å². The number of hydrogen-bond acceptors (Lipinski definition) is 4. The summed E-state index contributed by atoms with van der Waals surface area (Å²) < 4.78 is 27.2. The van der Waals surface area contributed by atoms with Crippen LogP contribution in [0.1, 0.15) is 23.6 Å². The zero-order valence-electron chi connectivity index (χ0n) is 18.3. The van der Waals surface area contributed by atoms with Crippen LogP contribution in [0.5, 0.6) is 0 Å². The number of hydrogen-bond donors (Lipinski definition) is 1. The number of amides is 2. The SMILES string of the molecule is CNC(=O)[C@H](C)N(Cc1ccc(Br)cc1)C(=O)CN(c1cccc(C)c1C)S(C)(=O)=O. The van der Waals surface area contributed by atoms with Crippen molar-refractivity contribution in [1.82, 2.24) is 10.2 Å². The lowest BCUT2D eigenvalue weighted by Crippen LogP contribution is -2.50. The number of sulfonamides is 1. The van der Waals surface area contributed by atoms with E-state index in [1.807, 2.05) is 44.2 Å². The van der Waals surface area contributed by atoms with Crippen LogP contribution in [0.25, 0.3) is 0 Å². The van der Waals surface area contributed by atoms with Crippen LogP contribution in [0.2, 0.25) is 0 Å². The molecule has 0 fully saturated rings. The molecule has 0 radical (unpaired) electrons. The second-order valence-electron chi connectivity index (χ2n) is 7.43. The third-order valence-electron chi connectivity index (χ3n) is 5.20. The van der Waals surface area contributed by atoms with E-state index in [9.17, 15) is 18.0 Å². The van der Waals surface area contributed by atoms with Gasteiger partial charge in [-0.25, -0.2) is 8.42 Å². The van der Waals surface area contributed by atoms with E-state index in [0.717, 1.165) is 31.7 Å². The largest absolute Gasteiger partial charge is 0.357 e. The van der Waals surface area contributed by atoms with Crippen molar-refractivity contribution in [2.45, 2.75) is 33.4 Å². The number of carbonyl (C=O) groups excluding carboxylic acids is 2. The highest BCUT2D eigenvalue weighted by Gasteiger charge is 2.30. The average Bonchev–Trinajstić information content (AvgIpc) is 2.71. The molecular weight excluding hydrogens is 482 g/mol. The van der Waals surface area contributed by atoms with Crippen LogP contribution in [0, 0.1) is 13.8 Å². The minimum absolute atomic E-state index is 0.172. The monoisotopic (exact) mass is 509 g/mol. The molecule has 7 nitrogen and oxygen atoms in total. The molecule has 2 rings (SSSR count). The van der Waals surface area contributed by atoms with Gasteiger partial charge in [-0.2, -0.15) is 0 Å². The lowest BCUT2D eigenvalue weighted by Gasteiger charge is -2.31. The fraction of sp³-hybridized carbons (Fsp3) is 0.364. The molecule has 9 heteroatoms. The second-order valence-corrected chi connectivity index (χ2v) is 10.2. The third kappa shape index (κ3) is 6.30. The summed E-state index contributed by atoms with van der Waals surface area (Å²) in [6.07, 6.45) is 1.07. The standard InChI is InChI=1S/C22H28BrN3O4S/c1-15-7-6-8-20(16(15)2)26(31(5,29)30)14-21(27)25(17(3)22(28)24-4)13-18-9-11-19(23)12-10-18/h6-12,17H,13-14H2,1-5H3,(H,24,28)/t17-/m0/s1. The van der Waals surface area contributed by atoms with Crippen LogP contribution < -0.4 is 9.62 Å². The fourth-order valence-corrected chi connectivity index (χ4v) is 4.34. The summed E-state index contributed by atoms with van der Waals surface area (Å²) in [5.74, 6) is -0.798. The molecule has 0 aliphatic rings. The highest BCUT2D eigenvalue weighted by atomic mass is 79.9. The van der Waals surface area contributed by atoms with E-state index in [0.29, 0.717) is 5.69 Å². The maximum atomic E-state index is 13.3. The number of carbonyl (C=O) groups is 2. The molecule has 2 aromatic carbocycles. The van der Waals surface area contributed by atoms with Crippen LogP contribution in [-0.2, 0) is 26.2 Å². The first kappa shape index (κ1) is 24.9. The Bertz CT molecular complexity index is 1050. The van der Waals surface area contributed by atoms with Crippen molar-refractivity contribution in [3.05, 3.63) is 63.6 Å². The number of nitrogens with zero attached hydrogens (tertiary/aromatic N) is 2. The molecule has 31 heavy (non-hydrogen) atoms. The molecule has 168 valence electrons. The first-order valence-corrected chi connectivity index (χ1v) is 12.4. The zero-order valence-corrected chi connectivity index (χ0v) is 20.7. The van der Waals surface area contributed by atoms with Crippen LogP contribution in [0.15, 0.2) is 46.9 Å². The summed E-state index contributed by atoms with van der Waals surface area (Å²) >= 11 is 3.38. The van der Waals surface area contributed by atoms with E-state index in [2.05, 4.69) is 21.2 Å². The molecule has 0 saturated heterocycles. The molecule has 2 aromatic rings. The van der Waals surface area contributed by atoms with Crippen molar-refractivity contribution in [2.24, 2.45) is 0 Å². The van der Waals surface area contributed by atoms with E-state index in [4.69, 9.17) is 0 Å². The van der Waals surface area contributed by atoms with Gasteiger partial charge in [-0.05, 0) is 55.7 Å². The lowest BCUT2D eigenvalue weighted by molar-refractivity contribution is -0.139. The summed E-state index contributed by atoms with van der Waals surface area (Å²) in [4.78, 5) is 27.0. The number of rotatable bonds is 8. The number of halogens is 1. The zero-order chi connectivity index (χ0) is 23.3. The van der Waals surface area contributed by atoms with Gasteiger partial charge in [0.2, 0.25) is 21.8 Å². The topological polar surface area (TPSA) is 86.8 Å². The van der Waals surface area contributed by atoms with Crippen molar-refractivity contribution in [2.75, 3.05) is 24.2 Å². The quantitative estimate of drug-likeness (QED) is 0.592. The minimum Gasteiger partial charge on any atom is -0.357 e. The third-order valence-corrected chi connectivity index (χ3v) is 6.86. The van der Waals surface area contributed by atoms with E-state index in [1.54, 1.807) is 19.1 Å². The van der Waals surface area contributed by atoms with Crippen molar-refractivity contribution in [3.8, 4) is 0 Å². The Hall–Kier alpha value is -2.39. The number of nitrogens with one attached hydrogen (secondary N) is 1. The molecule has 1 atom stereocenters. The van der Waals surface area contributed by atoms with Crippen molar-refractivity contribution in [1.29, 1.82) is 0 Å². The van der Waals surface area contributed by atoms with Crippen molar-refractivity contribution >= 4 is 43.5 Å². The minimum atomic E-state index is -3.74. The Kier molecular flexibility index (Phi) is 8.25. The smallest absolute Gasteiger partial charge is 0.244 e. The maximum Gasteiger partial charge on any atom is 0.244 e. The normalized spacial score (nSPS) is 12.2. The van der Waals surface area contributed by atoms with Gasteiger partial charge in [-0.3, -0.25) is 13.9 Å². The predicted molar refractivity (Wildman–Crippen MR) is 126 cm³/mol. The summed E-state index contributed by atoms with van der Waals surface area (Å²) in [5.41, 5.74) is 2.97. The van der Waals surface area contributed by atoms with Gasteiger partial charge in [0.1, 0.15) is 12.6 Å². The van der Waals surface area contributed by atoms with E-state index >= 15 is 0 Å². The van der Waals surface area contributed by atoms with E-state index in [-0.39, 0.29) is 12.5 Å². The van der Waals surface area contributed by atoms with Crippen LogP contribution in [0.3, 0.4) is 0 Å². The maximum absolute atomic E-state index is 13.3. The van der Waals surface area contributed by atoms with Gasteiger partial charge in [-0.15, -0.1) is 0 Å². The van der Waals surface area contributed by atoms with Crippen LogP contribution in [0.4, 0.5) is 5.69 Å². The average molecular weight is 510 g/mol. The first-order chi connectivity index (χ1) is 14.5. The molecular formula is C22H28BrN3O4S. The number of benzene rings is 2. The molecule has 0 saturated carbocycles. The summed E-state index contributed by atoms with van der Waals surface area (Å²) in [6, 6.07) is 11.9. The molecule has 0 aliphatic carbocycles. The summed E-state index contributed by atoms with van der Waals surface area (Å²) in [6.45, 7) is 5.10. The number of likely N-dealkylation sites (N-methyl/N-ethyl adjacent to an activating group) is 1. The highest BCUT2D eigenvalue weighted by molar-refractivity contribution is 9.10. The highest BCUT2D eigenvalue weighted by Crippen LogP contribution is 2.25. The molecule has 0 aliphatic heterocycles. The molecule has 0 unspecified atom stereocenters. The number of aryl methyl sites for hydroxylation is 1. The molecule has 1 N–H and O–H groups in total. The lowest BCUT2D eigenvalue weighted by atomic mass is 10.1. The molecule has 0 spiro atoms. The number of anilines is 1. The van der Waals surface area contributed by atoms with E-state index in [1.165, 1.54) is 11.9 Å². The summed E-state index contributed by atoms with van der Waals surface area (Å²) in [7, 11) is -2.24. The van der Waals surface area contributed by atoms with Crippen LogP contribution >= 0.6 is 15.9 Å². The van der Waals surface area contributed by atoms with Crippen LogP contribution in [-0.4, -0.2) is 51.0 Å². The molecule has 0 bridgehead atoms. The summed E-state index contributed by atoms with van der Waals surface area (Å²) in [5, 5.41) is 2.55. The Balaban J connectivity index is 2.42.